The monoisotopic (exact) mass is 250 g/mol. The van der Waals surface area contributed by atoms with Crippen LogP contribution in [0.3, 0.4) is 0 Å². The summed E-state index contributed by atoms with van der Waals surface area (Å²) in [5.74, 6) is 4.00. The molecule has 3 N–H and O–H groups in total. The van der Waals surface area contributed by atoms with Crippen LogP contribution >= 0.6 is 0 Å². The van der Waals surface area contributed by atoms with Crippen LogP contribution < -0.4 is 16.0 Å². The number of hydrogen-bond acceptors (Lipinski definition) is 3. The van der Waals surface area contributed by atoms with Gasteiger partial charge in [-0.15, -0.1) is 0 Å². The molecule has 0 aliphatic heterocycles. The molecular weight excluding hydrogens is 238 g/mol. The van der Waals surface area contributed by atoms with Crippen molar-refractivity contribution in [2.75, 3.05) is 5.43 Å². The summed E-state index contributed by atoms with van der Waals surface area (Å²) >= 11 is 0. The number of hydrogen-bond donors (Lipinski definition) is 2. The van der Waals surface area contributed by atoms with E-state index in [-0.39, 0.29) is 11.5 Å². The molecule has 18 heavy (non-hydrogen) atoms. The van der Waals surface area contributed by atoms with Gasteiger partial charge < -0.3 is 10.2 Å². The largest absolute Gasteiger partial charge is 0.451 e. The van der Waals surface area contributed by atoms with Gasteiger partial charge in [-0.05, 0) is 30.7 Å². The predicted octanol–water partition coefficient (Wildman–Crippen LogP) is 3.35. The van der Waals surface area contributed by atoms with Crippen molar-refractivity contribution in [3.05, 3.63) is 53.6 Å². The van der Waals surface area contributed by atoms with E-state index in [1.807, 2.05) is 0 Å². The number of hydrazine groups is 1. The van der Waals surface area contributed by atoms with E-state index in [1.165, 1.54) is 30.3 Å². The van der Waals surface area contributed by atoms with Crippen LogP contribution in [0.25, 0.3) is 0 Å². The Balaban J connectivity index is 2.35. The van der Waals surface area contributed by atoms with Crippen molar-refractivity contribution in [2.24, 2.45) is 5.84 Å². The van der Waals surface area contributed by atoms with Crippen molar-refractivity contribution in [1.82, 2.24) is 0 Å². The van der Waals surface area contributed by atoms with Gasteiger partial charge in [0.15, 0.2) is 23.1 Å². The summed E-state index contributed by atoms with van der Waals surface area (Å²) in [7, 11) is 0. The molecule has 0 amide bonds. The lowest BCUT2D eigenvalue weighted by Crippen LogP contribution is -2.08. The van der Waals surface area contributed by atoms with Crippen LogP contribution in [0.1, 0.15) is 5.56 Å². The Kier molecular flexibility index (Phi) is 3.43. The summed E-state index contributed by atoms with van der Waals surface area (Å²) in [6.07, 6.45) is 0. The molecule has 0 aromatic heterocycles. The number of nitrogens with one attached hydrogen (secondary N) is 1. The minimum atomic E-state index is -0.614. The topological polar surface area (TPSA) is 47.3 Å². The van der Waals surface area contributed by atoms with Gasteiger partial charge in [-0.2, -0.15) is 0 Å². The highest BCUT2D eigenvalue weighted by molar-refractivity contribution is 5.54. The Morgan fingerprint density at radius 1 is 1.06 bits per heavy atom. The van der Waals surface area contributed by atoms with E-state index in [0.717, 1.165) is 0 Å². The molecule has 0 atom stereocenters. The molecule has 0 heterocycles. The summed E-state index contributed by atoms with van der Waals surface area (Å²) < 4.78 is 32.3. The van der Waals surface area contributed by atoms with Crippen LogP contribution in [0.2, 0.25) is 0 Å². The molecule has 0 radical (unpaired) electrons. The maximum atomic E-state index is 13.7. The second-order valence-electron chi connectivity index (χ2n) is 3.77. The number of aryl methyl sites for hydroxylation is 1. The van der Waals surface area contributed by atoms with Crippen LogP contribution in [-0.4, -0.2) is 0 Å². The van der Waals surface area contributed by atoms with E-state index >= 15 is 0 Å². The molecule has 0 aliphatic rings. The lowest BCUT2D eigenvalue weighted by Gasteiger charge is -2.11. The highest BCUT2D eigenvalue weighted by Gasteiger charge is 2.11. The van der Waals surface area contributed by atoms with Crippen LogP contribution in [0.4, 0.5) is 14.5 Å². The van der Waals surface area contributed by atoms with Crippen molar-refractivity contribution in [3.63, 3.8) is 0 Å². The summed E-state index contributed by atoms with van der Waals surface area (Å²) in [4.78, 5) is 0. The number of para-hydroxylation sites is 1. The molecule has 0 bridgehead atoms. The number of ether oxygens (including phenoxy) is 1. The number of nitrogens with two attached hydrogens (primary N) is 1. The third kappa shape index (κ3) is 2.41. The second-order valence-corrected chi connectivity index (χ2v) is 3.77. The van der Waals surface area contributed by atoms with E-state index in [2.05, 4.69) is 5.43 Å². The van der Waals surface area contributed by atoms with E-state index in [0.29, 0.717) is 11.3 Å². The van der Waals surface area contributed by atoms with Gasteiger partial charge in [0.2, 0.25) is 0 Å². The molecule has 2 aromatic carbocycles. The Hall–Kier alpha value is -2.14. The van der Waals surface area contributed by atoms with E-state index in [4.69, 9.17) is 10.6 Å². The minimum absolute atomic E-state index is 0.0238. The Labute approximate surface area is 103 Å². The van der Waals surface area contributed by atoms with Crippen LogP contribution in [0, 0.1) is 18.6 Å². The lowest BCUT2D eigenvalue weighted by atomic mass is 10.2. The third-order valence-electron chi connectivity index (χ3n) is 2.49. The number of anilines is 1. The van der Waals surface area contributed by atoms with Crippen molar-refractivity contribution in [3.8, 4) is 11.5 Å². The molecule has 94 valence electrons. The van der Waals surface area contributed by atoms with Gasteiger partial charge >= 0.3 is 0 Å². The van der Waals surface area contributed by atoms with Gasteiger partial charge in [0, 0.05) is 6.07 Å². The summed E-state index contributed by atoms with van der Waals surface area (Å²) in [5, 5.41) is 0. The van der Waals surface area contributed by atoms with Crippen molar-refractivity contribution in [2.45, 2.75) is 6.92 Å². The Morgan fingerprint density at radius 3 is 2.44 bits per heavy atom. The molecule has 0 saturated heterocycles. The number of rotatable bonds is 3. The fraction of sp³-hybridized carbons (Fsp3) is 0.0769. The Bertz CT molecular complexity index is 573. The minimum Gasteiger partial charge on any atom is -0.451 e. The molecule has 5 heteroatoms. The van der Waals surface area contributed by atoms with Gasteiger partial charge in [0.1, 0.15) is 0 Å². The fourth-order valence-electron chi connectivity index (χ4n) is 1.53. The lowest BCUT2D eigenvalue weighted by molar-refractivity contribution is 0.414. The zero-order valence-electron chi connectivity index (χ0n) is 9.71. The number of nitrogen functional groups attached to an aromatic ring is 1. The van der Waals surface area contributed by atoms with E-state index < -0.39 is 11.6 Å². The standard InChI is InChI=1S/C13H12F2N2O/c1-8-6-13(10(15)7-11(8)17-16)18-12-5-3-2-4-9(12)14/h2-7,17H,16H2,1H3. The smallest absolute Gasteiger partial charge is 0.167 e. The van der Waals surface area contributed by atoms with Crippen molar-refractivity contribution >= 4 is 5.69 Å². The highest BCUT2D eigenvalue weighted by atomic mass is 19.1. The van der Waals surface area contributed by atoms with Gasteiger partial charge in [-0.25, -0.2) is 8.78 Å². The molecule has 2 rings (SSSR count). The molecule has 3 nitrogen and oxygen atoms in total. The molecular formula is C13H12F2N2O. The van der Waals surface area contributed by atoms with E-state index in [9.17, 15) is 8.78 Å². The number of halogens is 2. The quantitative estimate of drug-likeness (QED) is 0.648. The summed E-state index contributed by atoms with van der Waals surface area (Å²) in [6, 6.07) is 8.47. The van der Waals surface area contributed by atoms with E-state index in [1.54, 1.807) is 13.0 Å². The highest BCUT2D eigenvalue weighted by Crippen LogP contribution is 2.30. The first kappa shape index (κ1) is 12.3. The first-order valence-electron chi connectivity index (χ1n) is 5.31. The third-order valence-corrected chi connectivity index (χ3v) is 2.49. The second kappa shape index (κ2) is 5.01. The average molecular weight is 250 g/mol. The maximum absolute atomic E-state index is 13.7. The van der Waals surface area contributed by atoms with Gasteiger partial charge in [-0.1, -0.05) is 12.1 Å². The molecule has 0 aliphatic carbocycles. The van der Waals surface area contributed by atoms with Crippen molar-refractivity contribution in [1.29, 1.82) is 0 Å². The normalized spacial score (nSPS) is 10.2. The zero-order valence-corrected chi connectivity index (χ0v) is 9.71. The first-order valence-corrected chi connectivity index (χ1v) is 5.31. The maximum Gasteiger partial charge on any atom is 0.167 e. The van der Waals surface area contributed by atoms with Crippen LogP contribution in [-0.2, 0) is 0 Å². The Morgan fingerprint density at radius 2 is 1.78 bits per heavy atom. The van der Waals surface area contributed by atoms with Crippen molar-refractivity contribution < 1.29 is 13.5 Å². The molecule has 0 spiro atoms. The van der Waals surface area contributed by atoms with Crippen LogP contribution in [0.5, 0.6) is 11.5 Å². The van der Waals surface area contributed by atoms with Gasteiger partial charge in [0.05, 0.1) is 5.69 Å². The predicted molar refractivity (Wildman–Crippen MR) is 65.4 cm³/mol. The van der Waals surface area contributed by atoms with Gasteiger partial charge in [-0.3, -0.25) is 5.84 Å². The van der Waals surface area contributed by atoms with Gasteiger partial charge in [0.25, 0.3) is 0 Å². The molecule has 2 aromatic rings. The molecule has 0 fully saturated rings. The number of benzene rings is 2. The fourth-order valence-corrected chi connectivity index (χ4v) is 1.53. The first-order chi connectivity index (χ1) is 8.61. The zero-order chi connectivity index (χ0) is 13.1. The molecule has 0 saturated carbocycles. The van der Waals surface area contributed by atoms with Crippen LogP contribution in [0.15, 0.2) is 36.4 Å². The SMILES string of the molecule is Cc1cc(Oc2ccccc2F)c(F)cc1NN. The summed E-state index contributed by atoms with van der Waals surface area (Å²) in [6.45, 7) is 1.74. The molecule has 0 unspecified atom stereocenters. The summed E-state index contributed by atoms with van der Waals surface area (Å²) in [5.41, 5.74) is 3.52. The average Bonchev–Trinajstić information content (AvgIpc) is 2.36.